The Morgan fingerprint density at radius 2 is 1.81 bits per heavy atom. The summed E-state index contributed by atoms with van der Waals surface area (Å²) in [5.74, 6) is 1.50. The number of aliphatic hydroxyl groups is 1. The number of nitrogens with zero attached hydrogens (tertiary/aromatic N) is 3. The van der Waals surface area contributed by atoms with Gasteiger partial charge in [-0.25, -0.2) is 0 Å². The van der Waals surface area contributed by atoms with Crippen LogP contribution in [0.4, 0.5) is 0 Å². The van der Waals surface area contributed by atoms with E-state index >= 15 is 0 Å². The minimum absolute atomic E-state index is 0.0859. The van der Waals surface area contributed by atoms with Crippen LogP contribution < -0.4 is 9.47 Å². The Morgan fingerprint density at radius 3 is 2.53 bits per heavy atom. The SMILES string of the molecule is O=C1CC(O)CN1C1CCN(CCOc2ccc(Oc3nc4ccccc4o3)cc2)CC1. The van der Waals surface area contributed by atoms with Crippen LogP contribution in [0.1, 0.15) is 19.3 Å². The summed E-state index contributed by atoms with van der Waals surface area (Å²) in [6.07, 6.45) is 1.88. The Labute approximate surface area is 186 Å². The fourth-order valence-corrected chi connectivity index (χ4v) is 4.41. The van der Waals surface area contributed by atoms with E-state index in [1.807, 2.05) is 53.4 Å². The lowest BCUT2D eigenvalue weighted by atomic mass is 10.0. The van der Waals surface area contributed by atoms with Gasteiger partial charge in [-0.15, -0.1) is 0 Å². The van der Waals surface area contributed by atoms with Gasteiger partial charge < -0.3 is 23.9 Å². The highest BCUT2D eigenvalue weighted by Crippen LogP contribution is 2.27. The van der Waals surface area contributed by atoms with Crippen LogP contribution in [0, 0.1) is 0 Å². The molecular weight excluding hydrogens is 410 g/mol. The number of ether oxygens (including phenoxy) is 2. The molecule has 1 aromatic heterocycles. The molecule has 1 atom stereocenters. The Bertz CT molecular complexity index is 1030. The van der Waals surface area contributed by atoms with Crippen molar-refractivity contribution in [2.45, 2.75) is 31.4 Å². The van der Waals surface area contributed by atoms with Gasteiger partial charge in [0.1, 0.15) is 23.6 Å². The van der Waals surface area contributed by atoms with Crippen LogP contribution in [0.25, 0.3) is 11.1 Å². The number of carbonyl (C=O) groups excluding carboxylic acids is 1. The Kier molecular flexibility index (Phi) is 5.96. The van der Waals surface area contributed by atoms with E-state index in [0.29, 0.717) is 24.5 Å². The third-order valence-corrected chi connectivity index (χ3v) is 6.12. The van der Waals surface area contributed by atoms with Crippen LogP contribution in [0.5, 0.6) is 17.6 Å². The second kappa shape index (κ2) is 9.18. The van der Waals surface area contributed by atoms with E-state index in [-0.39, 0.29) is 24.4 Å². The van der Waals surface area contributed by atoms with Crippen molar-refractivity contribution in [3.05, 3.63) is 48.5 Å². The molecule has 2 aliphatic heterocycles. The maximum Gasteiger partial charge on any atom is 0.400 e. The third-order valence-electron chi connectivity index (χ3n) is 6.12. The van der Waals surface area contributed by atoms with E-state index in [4.69, 9.17) is 13.9 Å². The molecule has 32 heavy (non-hydrogen) atoms. The molecule has 8 nitrogen and oxygen atoms in total. The van der Waals surface area contributed by atoms with Crippen molar-refractivity contribution in [1.29, 1.82) is 0 Å². The molecular formula is C24H27N3O5. The zero-order valence-electron chi connectivity index (χ0n) is 17.9. The van der Waals surface area contributed by atoms with Crippen LogP contribution in [0.3, 0.4) is 0 Å². The lowest BCUT2D eigenvalue weighted by molar-refractivity contribution is -0.130. The van der Waals surface area contributed by atoms with Gasteiger partial charge in [0.05, 0.1) is 12.5 Å². The number of piperidine rings is 1. The molecule has 1 unspecified atom stereocenters. The van der Waals surface area contributed by atoms with Crippen molar-refractivity contribution >= 4 is 17.0 Å². The lowest BCUT2D eigenvalue weighted by Crippen LogP contribution is -2.46. The number of hydrogen-bond donors (Lipinski definition) is 1. The van der Waals surface area contributed by atoms with Gasteiger partial charge in [-0.05, 0) is 49.2 Å². The highest BCUT2D eigenvalue weighted by Gasteiger charge is 2.34. The molecule has 2 aliphatic rings. The Hall–Kier alpha value is -3.10. The molecule has 3 heterocycles. The Balaban J connectivity index is 1.05. The largest absolute Gasteiger partial charge is 0.492 e. The van der Waals surface area contributed by atoms with Crippen molar-refractivity contribution in [2.24, 2.45) is 0 Å². The first-order valence-electron chi connectivity index (χ1n) is 11.1. The summed E-state index contributed by atoms with van der Waals surface area (Å²) in [6.45, 7) is 3.79. The Morgan fingerprint density at radius 1 is 1.06 bits per heavy atom. The fraction of sp³-hybridized carbons (Fsp3) is 0.417. The first-order valence-corrected chi connectivity index (χ1v) is 11.1. The van der Waals surface area contributed by atoms with Crippen LogP contribution in [0.2, 0.25) is 0 Å². The molecule has 3 aromatic rings. The van der Waals surface area contributed by atoms with E-state index in [2.05, 4.69) is 9.88 Å². The molecule has 168 valence electrons. The molecule has 8 heteroatoms. The maximum absolute atomic E-state index is 12.0. The summed E-state index contributed by atoms with van der Waals surface area (Å²) in [6, 6.07) is 15.2. The van der Waals surface area contributed by atoms with Gasteiger partial charge in [0, 0.05) is 32.2 Å². The topological polar surface area (TPSA) is 88.3 Å². The number of fused-ring (bicyclic) bond motifs is 1. The summed E-state index contributed by atoms with van der Waals surface area (Å²) >= 11 is 0. The van der Waals surface area contributed by atoms with E-state index in [9.17, 15) is 9.90 Å². The molecule has 0 saturated carbocycles. The molecule has 2 saturated heterocycles. The summed E-state index contributed by atoms with van der Waals surface area (Å²) < 4.78 is 17.2. The van der Waals surface area contributed by atoms with Crippen molar-refractivity contribution in [3.63, 3.8) is 0 Å². The number of aromatic nitrogens is 1. The van der Waals surface area contributed by atoms with E-state index in [0.717, 1.165) is 43.7 Å². The number of carbonyl (C=O) groups is 1. The predicted octanol–water partition coefficient (Wildman–Crippen LogP) is 3.06. The van der Waals surface area contributed by atoms with Gasteiger partial charge in [0.25, 0.3) is 0 Å². The molecule has 5 rings (SSSR count). The summed E-state index contributed by atoms with van der Waals surface area (Å²) in [7, 11) is 0. The number of β-amino-alcohol motifs (C(OH)–C–C–N with tert-alkyl or cyclic N) is 1. The molecule has 2 aromatic carbocycles. The molecule has 1 N–H and O–H groups in total. The minimum Gasteiger partial charge on any atom is -0.492 e. The highest BCUT2D eigenvalue weighted by atomic mass is 16.6. The van der Waals surface area contributed by atoms with Gasteiger partial charge in [-0.3, -0.25) is 9.69 Å². The molecule has 0 spiro atoms. The average Bonchev–Trinajstić information content (AvgIpc) is 3.37. The molecule has 0 bridgehead atoms. The first-order chi connectivity index (χ1) is 15.6. The van der Waals surface area contributed by atoms with Crippen molar-refractivity contribution in [3.8, 4) is 17.6 Å². The van der Waals surface area contributed by atoms with Crippen LogP contribution in [-0.2, 0) is 4.79 Å². The normalized spacial score (nSPS) is 20.2. The fourth-order valence-electron chi connectivity index (χ4n) is 4.41. The zero-order valence-corrected chi connectivity index (χ0v) is 17.9. The van der Waals surface area contributed by atoms with Gasteiger partial charge >= 0.3 is 6.08 Å². The van der Waals surface area contributed by atoms with Crippen LogP contribution in [-0.4, -0.2) is 70.7 Å². The summed E-state index contributed by atoms with van der Waals surface area (Å²) in [5.41, 5.74) is 1.45. The lowest BCUT2D eigenvalue weighted by Gasteiger charge is -2.36. The molecule has 0 radical (unpaired) electrons. The van der Waals surface area contributed by atoms with Gasteiger partial charge in [0.2, 0.25) is 5.91 Å². The zero-order chi connectivity index (χ0) is 21.9. The van der Waals surface area contributed by atoms with E-state index in [1.165, 1.54) is 0 Å². The predicted molar refractivity (Wildman–Crippen MR) is 118 cm³/mol. The summed E-state index contributed by atoms with van der Waals surface area (Å²) in [5, 5.41) is 9.69. The van der Waals surface area contributed by atoms with E-state index < -0.39 is 6.10 Å². The molecule has 1 amide bonds. The quantitative estimate of drug-likeness (QED) is 0.608. The number of para-hydroxylation sites is 2. The van der Waals surface area contributed by atoms with E-state index in [1.54, 1.807) is 0 Å². The second-order valence-electron chi connectivity index (χ2n) is 8.35. The minimum atomic E-state index is -0.499. The van der Waals surface area contributed by atoms with Gasteiger partial charge in [-0.1, -0.05) is 12.1 Å². The van der Waals surface area contributed by atoms with Crippen LogP contribution >= 0.6 is 0 Å². The van der Waals surface area contributed by atoms with Gasteiger partial charge in [-0.2, -0.15) is 4.98 Å². The third kappa shape index (κ3) is 4.71. The monoisotopic (exact) mass is 437 g/mol. The number of benzene rings is 2. The van der Waals surface area contributed by atoms with Crippen molar-refractivity contribution < 1.29 is 23.8 Å². The van der Waals surface area contributed by atoms with Crippen LogP contribution in [0.15, 0.2) is 52.9 Å². The smallest absolute Gasteiger partial charge is 0.400 e. The number of hydrogen-bond acceptors (Lipinski definition) is 7. The molecule has 2 fully saturated rings. The summed E-state index contributed by atoms with van der Waals surface area (Å²) in [4.78, 5) is 20.5. The number of aliphatic hydroxyl groups excluding tert-OH is 1. The van der Waals surface area contributed by atoms with Gasteiger partial charge in [0.15, 0.2) is 5.58 Å². The highest BCUT2D eigenvalue weighted by molar-refractivity contribution is 5.79. The maximum atomic E-state index is 12.0. The number of likely N-dealkylation sites (tertiary alicyclic amines) is 2. The number of amides is 1. The number of oxazole rings is 1. The van der Waals surface area contributed by atoms with Crippen molar-refractivity contribution in [1.82, 2.24) is 14.8 Å². The number of rotatable bonds is 7. The van der Waals surface area contributed by atoms with Crippen molar-refractivity contribution in [2.75, 3.05) is 32.8 Å². The standard InChI is InChI=1S/C24H27N3O5/c28-18-15-23(29)27(16-18)17-9-11-26(12-10-17)13-14-30-19-5-7-20(8-6-19)31-24-25-21-3-1-2-4-22(21)32-24/h1-8,17-18,28H,9-16H2. The average molecular weight is 437 g/mol. The molecule has 0 aliphatic carbocycles. The second-order valence-corrected chi connectivity index (χ2v) is 8.35. The first kappa shape index (κ1) is 20.8.